The van der Waals surface area contributed by atoms with Crippen LogP contribution < -0.4 is 16.4 Å². The molecular weight excluding hydrogens is 306 g/mol. The van der Waals surface area contributed by atoms with Crippen molar-refractivity contribution >= 4 is 17.6 Å². The molecule has 1 saturated carbocycles. The van der Waals surface area contributed by atoms with Crippen LogP contribution in [0.25, 0.3) is 11.4 Å². The fraction of sp³-hybridized carbons (Fsp3) is 0.400. The smallest absolute Gasteiger partial charge is 0.220 e. The first-order valence-electron chi connectivity index (χ1n) is 8.02. The van der Waals surface area contributed by atoms with Crippen LogP contribution in [0.15, 0.2) is 34.3 Å². The van der Waals surface area contributed by atoms with Crippen LogP contribution in [0.5, 0.6) is 0 Å². The molecule has 9 nitrogen and oxygen atoms in total. The highest BCUT2D eigenvalue weighted by molar-refractivity contribution is 6.05. The largest absolute Gasteiger partial charge is 0.369 e. The summed E-state index contributed by atoms with van der Waals surface area (Å²) in [6, 6.07) is 7.82. The summed E-state index contributed by atoms with van der Waals surface area (Å²) in [7, 11) is 0. The van der Waals surface area contributed by atoms with Gasteiger partial charge in [0.25, 0.3) is 0 Å². The van der Waals surface area contributed by atoms with Crippen molar-refractivity contribution in [2.75, 3.05) is 4.90 Å². The lowest BCUT2D eigenvalue weighted by atomic mass is 9.87. The average molecular weight is 325 g/mol. The van der Waals surface area contributed by atoms with Gasteiger partial charge >= 0.3 is 0 Å². The van der Waals surface area contributed by atoms with Gasteiger partial charge in [-0.15, -0.1) is 10.2 Å². The number of guanidine groups is 2. The van der Waals surface area contributed by atoms with E-state index in [4.69, 9.17) is 11.5 Å². The van der Waals surface area contributed by atoms with Crippen molar-refractivity contribution in [2.45, 2.75) is 37.8 Å². The van der Waals surface area contributed by atoms with Crippen molar-refractivity contribution in [3.8, 4) is 11.4 Å². The Balaban J connectivity index is 1.71. The van der Waals surface area contributed by atoms with E-state index < -0.39 is 5.66 Å². The van der Waals surface area contributed by atoms with E-state index in [1.54, 1.807) is 0 Å². The molecule has 5 N–H and O–H groups in total. The highest BCUT2D eigenvalue weighted by Gasteiger charge is 2.42. The maximum absolute atomic E-state index is 6.21. The summed E-state index contributed by atoms with van der Waals surface area (Å²) in [5.74, 6) is 1.20. The Labute approximate surface area is 138 Å². The topological polar surface area (TPSA) is 134 Å². The maximum Gasteiger partial charge on any atom is 0.220 e. The van der Waals surface area contributed by atoms with E-state index in [1.165, 1.54) is 6.42 Å². The molecule has 2 aromatic rings. The van der Waals surface area contributed by atoms with Gasteiger partial charge in [-0.3, -0.25) is 4.90 Å². The molecule has 1 aromatic carbocycles. The molecule has 24 heavy (non-hydrogen) atoms. The second-order valence-electron chi connectivity index (χ2n) is 6.10. The second kappa shape index (κ2) is 5.59. The summed E-state index contributed by atoms with van der Waals surface area (Å²) >= 11 is 0. The standard InChI is InChI=1S/C15H19N9/c16-13-18-14(17)24(15(19-13)8-2-1-3-9-15)11-6-4-10(5-7-11)12-20-22-23-21-12/h4-7H,1-3,8-9H2,(H4,16,17,18,19)(H,20,21,22,23). The number of rotatable bonds is 2. The predicted molar refractivity (Wildman–Crippen MR) is 91.2 cm³/mol. The van der Waals surface area contributed by atoms with Gasteiger partial charge in [0, 0.05) is 11.3 Å². The number of benzene rings is 1. The normalized spacial score (nSPS) is 19.9. The number of nitrogens with two attached hydrogens (primary N) is 2. The minimum Gasteiger partial charge on any atom is -0.369 e. The zero-order valence-corrected chi connectivity index (χ0v) is 13.2. The number of H-pyrrole nitrogens is 1. The van der Waals surface area contributed by atoms with Crippen LogP contribution >= 0.6 is 0 Å². The number of hydrogen-bond donors (Lipinski definition) is 3. The minimum atomic E-state index is -0.429. The molecule has 0 atom stereocenters. The van der Waals surface area contributed by atoms with E-state index >= 15 is 0 Å². The number of anilines is 1. The molecule has 0 radical (unpaired) electrons. The zero-order chi connectivity index (χ0) is 16.6. The van der Waals surface area contributed by atoms with Crippen LogP contribution in [0, 0.1) is 0 Å². The third kappa shape index (κ3) is 2.38. The number of aromatic amines is 1. The second-order valence-corrected chi connectivity index (χ2v) is 6.10. The molecule has 4 rings (SSSR count). The molecule has 9 heteroatoms. The summed E-state index contributed by atoms with van der Waals surface area (Å²) in [6.07, 6.45) is 5.23. The third-order valence-corrected chi connectivity index (χ3v) is 4.58. The molecule has 2 aliphatic rings. The van der Waals surface area contributed by atoms with Crippen LogP contribution in [-0.4, -0.2) is 38.2 Å². The molecule has 2 heterocycles. The molecule has 1 aromatic heterocycles. The number of aliphatic imine (C=N–C) groups is 2. The Hall–Kier alpha value is -2.97. The fourth-order valence-electron chi connectivity index (χ4n) is 3.54. The van der Waals surface area contributed by atoms with E-state index in [-0.39, 0.29) is 5.96 Å². The van der Waals surface area contributed by atoms with Gasteiger partial charge in [-0.25, -0.2) is 4.99 Å². The highest BCUT2D eigenvalue weighted by Crippen LogP contribution is 2.39. The van der Waals surface area contributed by atoms with E-state index in [0.717, 1.165) is 36.9 Å². The van der Waals surface area contributed by atoms with Gasteiger partial charge in [0.05, 0.1) is 0 Å². The van der Waals surface area contributed by atoms with Gasteiger partial charge in [-0.1, -0.05) is 6.42 Å². The summed E-state index contributed by atoms with van der Waals surface area (Å²) in [5.41, 5.74) is 13.5. The zero-order valence-electron chi connectivity index (χ0n) is 13.2. The molecule has 1 spiro atoms. The van der Waals surface area contributed by atoms with E-state index in [0.29, 0.717) is 11.8 Å². The lowest BCUT2D eigenvalue weighted by Gasteiger charge is -2.45. The first-order chi connectivity index (χ1) is 11.7. The molecule has 0 saturated heterocycles. The van der Waals surface area contributed by atoms with Crippen LogP contribution in [0.3, 0.4) is 0 Å². The Bertz CT molecular complexity index is 770. The lowest BCUT2D eigenvalue weighted by molar-refractivity contribution is 0.305. The van der Waals surface area contributed by atoms with E-state index in [1.807, 2.05) is 29.2 Å². The summed E-state index contributed by atoms with van der Waals surface area (Å²) in [5, 5.41) is 14.0. The van der Waals surface area contributed by atoms with E-state index in [2.05, 4.69) is 30.6 Å². The molecule has 1 aliphatic carbocycles. The summed E-state index contributed by atoms with van der Waals surface area (Å²) in [6.45, 7) is 0. The molecule has 0 amide bonds. The van der Waals surface area contributed by atoms with Gasteiger partial charge in [-0.05, 0) is 55.2 Å². The molecule has 0 bridgehead atoms. The summed E-state index contributed by atoms with van der Waals surface area (Å²) < 4.78 is 0. The maximum atomic E-state index is 6.21. The highest BCUT2D eigenvalue weighted by atomic mass is 15.5. The van der Waals surface area contributed by atoms with Crippen LogP contribution in [-0.2, 0) is 0 Å². The lowest BCUT2D eigenvalue weighted by Crippen LogP contribution is -2.58. The number of hydrogen-bond acceptors (Lipinski definition) is 8. The fourth-order valence-corrected chi connectivity index (χ4v) is 3.54. The van der Waals surface area contributed by atoms with E-state index in [9.17, 15) is 0 Å². The number of nitrogens with zero attached hydrogens (tertiary/aromatic N) is 6. The van der Waals surface area contributed by atoms with Crippen molar-refractivity contribution in [2.24, 2.45) is 21.5 Å². The Morgan fingerprint density at radius 3 is 2.46 bits per heavy atom. The Kier molecular flexibility index (Phi) is 3.40. The molecule has 124 valence electrons. The SMILES string of the molecule is NC1=NC2(CCCCC2)N(c2ccc(-c3nn[nH]n3)cc2)C(N)=N1. The number of nitrogens with one attached hydrogen (secondary N) is 1. The molecule has 0 unspecified atom stereocenters. The number of aromatic nitrogens is 4. The monoisotopic (exact) mass is 325 g/mol. The average Bonchev–Trinajstić information content (AvgIpc) is 3.10. The van der Waals surface area contributed by atoms with Crippen LogP contribution in [0.1, 0.15) is 32.1 Å². The van der Waals surface area contributed by atoms with Crippen LogP contribution in [0.4, 0.5) is 5.69 Å². The summed E-state index contributed by atoms with van der Waals surface area (Å²) in [4.78, 5) is 10.8. The Morgan fingerprint density at radius 2 is 1.79 bits per heavy atom. The van der Waals surface area contributed by atoms with Crippen LogP contribution in [0.2, 0.25) is 0 Å². The van der Waals surface area contributed by atoms with Gasteiger partial charge in [-0.2, -0.15) is 10.2 Å². The van der Waals surface area contributed by atoms with Crippen molar-refractivity contribution in [3.63, 3.8) is 0 Å². The van der Waals surface area contributed by atoms with Gasteiger partial charge in [0.2, 0.25) is 17.7 Å². The first kappa shape index (κ1) is 14.6. The quantitative estimate of drug-likeness (QED) is 0.753. The predicted octanol–water partition coefficient (Wildman–Crippen LogP) is 0.976. The molecule has 1 fully saturated rings. The molecule has 1 aliphatic heterocycles. The van der Waals surface area contributed by atoms with Gasteiger partial charge in [0.1, 0.15) is 5.66 Å². The third-order valence-electron chi connectivity index (χ3n) is 4.58. The Morgan fingerprint density at radius 1 is 1.04 bits per heavy atom. The number of tetrazole rings is 1. The van der Waals surface area contributed by atoms with Crippen molar-refractivity contribution in [1.29, 1.82) is 0 Å². The minimum absolute atomic E-state index is 0.258. The van der Waals surface area contributed by atoms with Crippen molar-refractivity contribution in [3.05, 3.63) is 24.3 Å². The molecular formula is C15H19N9. The first-order valence-corrected chi connectivity index (χ1v) is 8.02. The van der Waals surface area contributed by atoms with Gasteiger partial charge < -0.3 is 11.5 Å². The van der Waals surface area contributed by atoms with Gasteiger partial charge in [0.15, 0.2) is 0 Å². The van der Waals surface area contributed by atoms with Crippen molar-refractivity contribution < 1.29 is 0 Å². The van der Waals surface area contributed by atoms with Crippen molar-refractivity contribution in [1.82, 2.24) is 20.6 Å².